The van der Waals surface area contributed by atoms with E-state index in [9.17, 15) is 13.2 Å². The first-order valence-corrected chi connectivity index (χ1v) is 13.6. The summed E-state index contributed by atoms with van der Waals surface area (Å²) < 4.78 is 32.2. The zero-order valence-corrected chi connectivity index (χ0v) is 19.5. The minimum Gasteiger partial charge on any atom is -0.379 e. The summed E-state index contributed by atoms with van der Waals surface area (Å²) in [6.45, 7) is 9.12. The lowest BCUT2D eigenvalue weighted by Crippen LogP contribution is -2.51. The van der Waals surface area contributed by atoms with Crippen molar-refractivity contribution < 1.29 is 17.9 Å². The van der Waals surface area contributed by atoms with Crippen molar-refractivity contribution in [2.45, 2.75) is 52.0 Å². The molecule has 0 aromatic carbocycles. The highest BCUT2D eigenvalue weighted by Gasteiger charge is 2.27. The number of nitrogens with zero attached hydrogens (tertiary/aromatic N) is 2. The fourth-order valence-electron chi connectivity index (χ4n) is 3.14. The number of carbonyl (C=O) groups is 1. The highest BCUT2D eigenvalue weighted by atomic mass is 32.2. The molecular formula is C19H39N3O4S2. The first kappa shape index (κ1) is 25.7. The third-order valence-electron chi connectivity index (χ3n) is 4.99. The van der Waals surface area contributed by atoms with E-state index in [-0.39, 0.29) is 11.7 Å². The zero-order valence-electron chi connectivity index (χ0n) is 17.8. The van der Waals surface area contributed by atoms with Crippen molar-refractivity contribution in [2.24, 2.45) is 0 Å². The summed E-state index contributed by atoms with van der Waals surface area (Å²) in [4.78, 5) is 17.4. The van der Waals surface area contributed by atoms with Gasteiger partial charge in [-0.1, -0.05) is 26.2 Å². The molecule has 0 aromatic heterocycles. The maximum absolute atomic E-state index is 13.2. The average molecular weight is 438 g/mol. The summed E-state index contributed by atoms with van der Waals surface area (Å²) in [6, 6.07) is -0.673. The van der Waals surface area contributed by atoms with Crippen molar-refractivity contribution in [1.82, 2.24) is 14.5 Å². The zero-order chi connectivity index (χ0) is 20.8. The Labute approximate surface area is 176 Å². The van der Waals surface area contributed by atoms with Crippen LogP contribution in [-0.4, -0.2) is 93.9 Å². The molecule has 1 heterocycles. The molecule has 0 aliphatic carbocycles. The van der Waals surface area contributed by atoms with Crippen molar-refractivity contribution >= 4 is 27.7 Å². The fourth-order valence-corrected chi connectivity index (χ4v) is 4.43. The van der Waals surface area contributed by atoms with Crippen LogP contribution in [0, 0.1) is 0 Å². The van der Waals surface area contributed by atoms with Gasteiger partial charge < -0.3 is 9.64 Å². The summed E-state index contributed by atoms with van der Waals surface area (Å²) in [5.74, 6) is 0.645. The van der Waals surface area contributed by atoms with E-state index in [1.165, 1.54) is 0 Å². The van der Waals surface area contributed by atoms with E-state index in [0.29, 0.717) is 19.5 Å². The highest BCUT2D eigenvalue weighted by Crippen LogP contribution is 2.10. The lowest BCUT2D eigenvalue weighted by atomic mass is 10.1. The Morgan fingerprint density at radius 3 is 2.50 bits per heavy atom. The van der Waals surface area contributed by atoms with E-state index in [1.54, 1.807) is 18.7 Å². The van der Waals surface area contributed by atoms with Crippen LogP contribution >= 0.6 is 11.8 Å². The van der Waals surface area contributed by atoms with Gasteiger partial charge in [0.15, 0.2) is 0 Å². The lowest BCUT2D eigenvalue weighted by Gasteiger charge is -2.32. The number of morpholine rings is 1. The number of nitrogens with one attached hydrogen (secondary N) is 1. The second kappa shape index (κ2) is 14.6. The molecular weight excluding hydrogens is 398 g/mol. The molecule has 1 aliphatic heterocycles. The van der Waals surface area contributed by atoms with Crippen LogP contribution in [0.2, 0.25) is 0 Å². The molecule has 1 N–H and O–H groups in total. The van der Waals surface area contributed by atoms with Crippen molar-refractivity contribution in [1.29, 1.82) is 0 Å². The normalized spacial score (nSPS) is 16.8. The maximum atomic E-state index is 13.2. The smallest absolute Gasteiger partial charge is 0.240 e. The summed E-state index contributed by atoms with van der Waals surface area (Å²) in [5.41, 5.74) is 0. The van der Waals surface area contributed by atoms with Crippen LogP contribution in [-0.2, 0) is 19.6 Å². The predicted molar refractivity (Wildman–Crippen MR) is 117 cm³/mol. The SMILES string of the molecule is CCCCCCN(CCN1CCOCC1)C(=O)C(CCSC)NS(=O)(=O)CC. The van der Waals surface area contributed by atoms with Gasteiger partial charge in [0.05, 0.1) is 19.0 Å². The second-order valence-corrected chi connectivity index (χ2v) is 10.2. The van der Waals surface area contributed by atoms with Crippen LogP contribution in [0.1, 0.15) is 46.0 Å². The molecule has 9 heteroatoms. The topological polar surface area (TPSA) is 79.0 Å². The largest absolute Gasteiger partial charge is 0.379 e. The number of ether oxygens (including phenoxy) is 1. The molecule has 1 aliphatic rings. The minimum atomic E-state index is -3.43. The third kappa shape index (κ3) is 10.4. The number of hydrogen-bond donors (Lipinski definition) is 1. The Hall–Kier alpha value is -0.350. The minimum absolute atomic E-state index is 0.0136. The van der Waals surface area contributed by atoms with Crippen LogP contribution in [0.15, 0.2) is 0 Å². The molecule has 1 amide bonds. The molecule has 0 spiro atoms. The van der Waals surface area contributed by atoms with Gasteiger partial charge in [-0.25, -0.2) is 13.1 Å². The Bertz CT molecular complexity index is 525. The quantitative estimate of drug-likeness (QED) is 0.394. The molecule has 166 valence electrons. The standard InChI is InChI=1S/C19H39N3O4S2/c1-4-6-7-8-10-22(12-11-21-13-15-26-16-14-21)19(23)18(9-17-27-3)20-28(24,25)5-2/h18,20H,4-17H2,1-3H3. The van der Waals surface area contributed by atoms with E-state index in [2.05, 4.69) is 16.5 Å². The molecule has 28 heavy (non-hydrogen) atoms. The fraction of sp³-hybridized carbons (Fsp3) is 0.947. The Morgan fingerprint density at radius 2 is 1.89 bits per heavy atom. The predicted octanol–water partition coefficient (Wildman–Crippen LogP) is 1.79. The Balaban J connectivity index is 2.76. The van der Waals surface area contributed by atoms with Gasteiger partial charge in [0.1, 0.15) is 6.04 Å². The molecule has 0 radical (unpaired) electrons. The van der Waals surface area contributed by atoms with E-state index < -0.39 is 16.1 Å². The average Bonchev–Trinajstić information content (AvgIpc) is 2.70. The van der Waals surface area contributed by atoms with Crippen LogP contribution in [0.5, 0.6) is 0 Å². The van der Waals surface area contributed by atoms with Gasteiger partial charge in [-0.15, -0.1) is 0 Å². The molecule has 1 rings (SSSR count). The summed E-state index contributed by atoms with van der Waals surface area (Å²) in [6.07, 6.45) is 6.84. The van der Waals surface area contributed by atoms with Crippen molar-refractivity contribution in [3.63, 3.8) is 0 Å². The van der Waals surface area contributed by atoms with Crippen LogP contribution < -0.4 is 4.72 Å². The van der Waals surface area contributed by atoms with E-state index in [0.717, 1.165) is 64.3 Å². The molecule has 0 aromatic rings. The van der Waals surface area contributed by atoms with Crippen molar-refractivity contribution in [3.05, 3.63) is 0 Å². The maximum Gasteiger partial charge on any atom is 0.240 e. The van der Waals surface area contributed by atoms with Crippen LogP contribution in [0.3, 0.4) is 0 Å². The van der Waals surface area contributed by atoms with E-state index >= 15 is 0 Å². The second-order valence-electron chi connectivity index (χ2n) is 7.20. The van der Waals surface area contributed by atoms with Crippen molar-refractivity contribution in [3.8, 4) is 0 Å². The highest BCUT2D eigenvalue weighted by molar-refractivity contribution is 7.98. The Kier molecular flexibility index (Phi) is 13.4. The number of rotatable bonds is 15. The molecule has 7 nitrogen and oxygen atoms in total. The van der Waals surface area contributed by atoms with Gasteiger partial charge in [-0.3, -0.25) is 9.69 Å². The lowest BCUT2D eigenvalue weighted by molar-refractivity contribution is -0.133. The number of amides is 1. The van der Waals surface area contributed by atoms with Gasteiger partial charge in [-0.2, -0.15) is 11.8 Å². The Morgan fingerprint density at radius 1 is 1.18 bits per heavy atom. The molecule has 1 fully saturated rings. The summed E-state index contributed by atoms with van der Waals surface area (Å²) in [7, 11) is -3.43. The molecule has 0 bridgehead atoms. The number of hydrogen-bond acceptors (Lipinski definition) is 6. The third-order valence-corrected chi connectivity index (χ3v) is 7.04. The first-order valence-electron chi connectivity index (χ1n) is 10.5. The molecule has 0 saturated carbocycles. The van der Waals surface area contributed by atoms with Gasteiger partial charge in [0, 0.05) is 32.7 Å². The number of carbonyl (C=O) groups excluding carboxylic acids is 1. The molecule has 1 atom stereocenters. The first-order chi connectivity index (χ1) is 13.4. The molecule has 1 saturated heterocycles. The van der Waals surface area contributed by atoms with Gasteiger partial charge in [0.25, 0.3) is 0 Å². The summed E-state index contributed by atoms with van der Waals surface area (Å²) in [5, 5.41) is 0. The summed E-state index contributed by atoms with van der Waals surface area (Å²) >= 11 is 1.63. The van der Waals surface area contributed by atoms with E-state index in [4.69, 9.17) is 4.74 Å². The van der Waals surface area contributed by atoms with Gasteiger partial charge >= 0.3 is 0 Å². The van der Waals surface area contributed by atoms with Crippen molar-refractivity contribution in [2.75, 3.05) is 63.7 Å². The van der Waals surface area contributed by atoms with E-state index in [1.807, 2.05) is 11.2 Å². The number of thioether (sulfide) groups is 1. The van der Waals surface area contributed by atoms with Gasteiger partial charge in [0.2, 0.25) is 15.9 Å². The van der Waals surface area contributed by atoms with Gasteiger partial charge in [-0.05, 0) is 31.8 Å². The number of unbranched alkanes of at least 4 members (excludes halogenated alkanes) is 3. The molecule has 1 unspecified atom stereocenters. The van der Waals surface area contributed by atoms with Crippen LogP contribution in [0.4, 0.5) is 0 Å². The monoisotopic (exact) mass is 437 g/mol. The van der Waals surface area contributed by atoms with Crippen LogP contribution in [0.25, 0.3) is 0 Å². The number of sulfonamides is 1.